The van der Waals surface area contributed by atoms with Gasteiger partial charge in [0.1, 0.15) is 0 Å². The lowest BCUT2D eigenvalue weighted by atomic mass is 10.1. The molecule has 0 bridgehead atoms. The van der Waals surface area contributed by atoms with E-state index in [4.69, 9.17) is 11.6 Å². The first-order valence-corrected chi connectivity index (χ1v) is 8.95. The van der Waals surface area contributed by atoms with Crippen molar-refractivity contribution in [1.29, 1.82) is 0 Å². The minimum absolute atomic E-state index is 0.0439. The van der Waals surface area contributed by atoms with Crippen LogP contribution < -0.4 is 5.32 Å². The fourth-order valence-corrected chi connectivity index (χ4v) is 3.98. The van der Waals surface area contributed by atoms with Crippen LogP contribution in [-0.4, -0.2) is 30.3 Å². The van der Waals surface area contributed by atoms with Crippen LogP contribution in [0, 0.1) is 6.92 Å². The van der Waals surface area contributed by atoms with E-state index in [-0.39, 0.29) is 18.4 Å². The molecule has 1 N–H and O–H groups in total. The smallest absolute Gasteiger partial charge is 0.264 e. The van der Waals surface area contributed by atoms with Crippen molar-refractivity contribution in [2.45, 2.75) is 6.92 Å². The number of nitrogens with zero attached hydrogens (tertiary/aromatic N) is 1. The third kappa shape index (κ3) is 3.67. The number of rotatable bonds is 4. The highest BCUT2D eigenvalue weighted by atomic mass is 35.5. The van der Waals surface area contributed by atoms with Gasteiger partial charge in [0.2, 0.25) is 5.91 Å². The van der Waals surface area contributed by atoms with E-state index < -0.39 is 0 Å². The maximum absolute atomic E-state index is 12.7. The molecular weight excluding hydrogens is 356 g/mol. The van der Waals surface area contributed by atoms with E-state index in [1.165, 1.54) is 16.2 Å². The lowest BCUT2D eigenvalue weighted by molar-refractivity contribution is -0.116. The van der Waals surface area contributed by atoms with Crippen molar-refractivity contribution in [2.24, 2.45) is 0 Å². The molecule has 0 spiro atoms. The normalized spacial score (nSPS) is 10.7. The number of para-hydroxylation sites is 1. The highest BCUT2D eigenvalue weighted by molar-refractivity contribution is 7.21. The second kappa shape index (κ2) is 7.25. The minimum Gasteiger partial charge on any atom is -0.332 e. The first kappa shape index (κ1) is 17.5. The number of hydrogen-bond acceptors (Lipinski definition) is 3. The van der Waals surface area contributed by atoms with E-state index in [0.29, 0.717) is 15.6 Å². The molecule has 1 aromatic heterocycles. The molecule has 0 radical (unpaired) electrons. The molecule has 2 amide bonds. The van der Waals surface area contributed by atoms with Gasteiger partial charge in [0.25, 0.3) is 5.91 Å². The molecule has 4 nitrogen and oxygen atoms in total. The molecule has 2 aromatic carbocycles. The number of halogens is 1. The van der Waals surface area contributed by atoms with E-state index in [9.17, 15) is 9.59 Å². The standard InChI is InChI=1S/C19H17ClN2O2S/c1-12-13-7-3-6-10-16(13)25-18(12)19(24)22(2)11-17(23)21-15-9-5-4-8-14(15)20/h3-10H,11H2,1-2H3,(H,21,23). The largest absolute Gasteiger partial charge is 0.332 e. The average molecular weight is 373 g/mol. The quantitative estimate of drug-likeness (QED) is 0.729. The van der Waals surface area contributed by atoms with Gasteiger partial charge in [0.05, 0.1) is 22.1 Å². The number of aryl methyl sites for hydroxylation is 1. The van der Waals surface area contributed by atoms with Crippen LogP contribution in [0.4, 0.5) is 5.69 Å². The highest BCUT2D eigenvalue weighted by Gasteiger charge is 2.20. The monoisotopic (exact) mass is 372 g/mol. The Hall–Kier alpha value is -2.37. The van der Waals surface area contributed by atoms with Crippen molar-refractivity contribution in [1.82, 2.24) is 4.90 Å². The van der Waals surface area contributed by atoms with Crippen LogP contribution in [-0.2, 0) is 4.79 Å². The summed E-state index contributed by atoms with van der Waals surface area (Å²) in [6, 6.07) is 14.9. The first-order chi connectivity index (χ1) is 12.0. The minimum atomic E-state index is -0.289. The summed E-state index contributed by atoms with van der Waals surface area (Å²) in [7, 11) is 1.62. The molecule has 25 heavy (non-hydrogen) atoms. The molecule has 3 rings (SSSR count). The molecule has 128 valence electrons. The fourth-order valence-electron chi connectivity index (χ4n) is 2.59. The van der Waals surface area contributed by atoms with E-state index in [2.05, 4.69) is 5.32 Å². The average Bonchev–Trinajstić information content (AvgIpc) is 2.93. The van der Waals surface area contributed by atoms with Gasteiger partial charge < -0.3 is 10.2 Å². The number of amides is 2. The molecule has 0 aliphatic rings. The highest BCUT2D eigenvalue weighted by Crippen LogP contribution is 2.31. The van der Waals surface area contributed by atoms with Gasteiger partial charge >= 0.3 is 0 Å². The summed E-state index contributed by atoms with van der Waals surface area (Å²) < 4.78 is 1.07. The predicted molar refractivity (Wildman–Crippen MR) is 104 cm³/mol. The van der Waals surface area contributed by atoms with Crippen molar-refractivity contribution in [2.75, 3.05) is 18.9 Å². The third-order valence-corrected chi connectivity index (χ3v) is 5.50. The number of likely N-dealkylation sites (N-methyl/N-ethyl adjacent to an activating group) is 1. The van der Waals surface area contributed by atoms with Gasteiger partial charge in [0.15, 0.2) is 0 Å². The second-order valence-corrected chi connectivity index (χ2v) is 7.20. The summed E-state index contributed by atoms with van der Waals surface area (Å²) in [6.07, 6.45) is 0. The van der Waals surface area contributed by atoms with Crippen LogP contribution >= 0.6 is 22.9 Å². The Labute approximate surface area is 155 Å². The van der Waals surface area contributed by atoms with Gasteiger partial charge in [0, 0.05) is 11.7 Å². The molecule has 0 aliphatic carbocycles. The molecule has 0 fully saturated rings. The molecule has 0 aliphatic heterocycles. The summed E-state index contributed by atoms with van der Waals surface area (Å²) in [4.78, 5) is 27.0. The van der Waals surface area contributed by atoms with Gasteiger partial charge in [-0.25, -0.2) is 0 Å². The van der Waals surface area contributed by atoms with E-state index >= 15 is 0 Å². The van der Waals surface area contributed by atoms with Crippen molar-refractivity contribution in [3.8, 4) is 0 Å². The Balaban J connectivity index is 1.72. The SMILES string of the molecule is Cc1c(C(=O)N(C)CC(=O)Nc2ccccc2Cl)sc2ccccc12. The van der Waals surface area contributed by atoms with Crippen LogP contribution in [0.2, 0.25) is 5.02 Å². The van der Waals surface area contributed by atoms with E-state index in [0.717, 1.165) is 15.6 Å². The Bertz CT molecular complexity index is 952. The number of anilines is 1. The predicted octanol–water partition coefficient (Wildman–Crippen LogP) is 4.57. The van der Waals surface area contributed by atoms with Crippen LogP contribution in [0.15, 0.2) is 48.5 Å². The third-order valence-electron chi connectivity index (χ3n) is 3.91. The molecular formula is C19H17ClN2O2S. The lowest BCUT2D eigenvalue weighted by Crippen LogP contribution is -2.34. The topological polar surface area (TPSA) is 49.4 Å². The Morgan fingerprint density at radius 1 is 1.12 bits per heavy atom. The van der Waals surface area contributed by atoms with E-state index in [1.54, 1.807) is 31.3 Å². The van der Waals surface area contributed by atoms with Gasteiger partial charge in [-0.3, -0.25) is 9.59 Å². The van der Waals surface area contributed by atoms with Crippen molar-refractivity contribution >= 4 is 50.5 Å². The zero-order chi connectivity index (χ0) is 18.0. The maximum Gasteiger partial charge on any atom is 0.264 e. The van der Waals surface area contributed by atoms with Crippen LogP contribution in [0.1, 0.15) is 15.2 Å². The Morgan fingerprint density at radius 3 is 2.52 bits per heavy atom. The Morgan fingerprint density at radius 2 is 1.80 bits per heavy atom. The molecule has 6 heteroatoms. The summed E-state index contributed by atoms with van der Waals surface area (Å²) >= 11 is 7.49. The van der Waals surface area contributed by atoms with Crippen LogP contribution in [0.3, 0.4) is 0 Å². The summed E-state index contributed by atoms with van der Waals surface area (Å²) in [5.41, 5.74) is 1.48. The van der Waals surface area contributed by atoms with Gasteiger partial charge in [-0.05, 0) is 36.1 Å². The summed E-state index contributed by atoms with van der Waals surface area (Å²) in [6.45, 7) is 1.89. The van der Waals surface area contributed by atoms with E-state index in [1.807, 2.05) is 31.2 Å². The number of thiophene rings is 1. The number of carbonyl (C=O) groups excluding carboxylic acids is 2. The number of benzene rings is 2. The number of carbonyl (C=O) groups is 2. The molecule has 3 aromatic rings. The zero-order valence-electron chi connectivity index (χ0n) is 13.9. The number of nitrogens with one attached hydrogen (secondary N) is 1. The van der Waals surface area contributed by atoms with Gasteiger partial charge in [-0.2, -0.15) is 0 Å². The molecule has 0 saturated carbocycles. The maximum atomic E-state index is 12.7. The van der Waals surface area contributed by atoms with Crippen molar-refractivity contribution in [3.63, 3.8) is 0 Å². The van der Waals surface area contributed by atoms with Crippen molar-refractivity contribution < 1.29 is 9.59 Å². The first-order valence-electron chi connectivity index (χ1n) is 7.75. The molecule has 0 atom stereocenters. The molecule has 0 unspecified atom stereocenters. The second-order valence-electron chi connectivity index (χ2n) is 5.74. The van der Waals surface area contributed by atoms with Gasteiger partial charge in [-0.15, -0.1) is 11.3 Å². The number of fused-ring (bicyclic) bond motifs is 1. The summed E-state index contributed by atoms with van der Waals surface area (Å²) in [5, 5.41) is 4.26. The molecule has 0 saturated heterocycles. The zero-order valence-corrected chi connectivity index (χ0v) is 15.4. The fraction of sp³-hybridized carbons (Fsp3) is 0.158. The lowest BCUT2D eigenvalue weighted by Gasteiger charge is -2.16. The Kier molecular flexibility index (Phi) is 5.06. The van der Waals surface area contributed by atoms with Gasteiger partial charge in [-0.1, -0.05) is 41.9 Å². The number of hydrogen-bond donors (Lipinski definition) is 1. The summed E-state index contributed by atoms with van der Waals surface area (Å²) in [5.74, 6) is -0.448. The van der Waals surface area contributed by atoms with Crippen LogP contribution in [0.25, 0.3) is 10.1 Å². The van der Waals surface area contributed by atoms with Crippen molar-refractivity contribution in [3.05, 3.63) is 64.0 Å². The molecule has 1 heterocycles. The van der Waals surface area contributed by atoms with Crippen LogP contribution in [0.5, 0.6) is 0 Å².